The Morgan fingerprint density at radius 2 is 2.00 bits per heavy atom. The molecule has 0 aromatic heterocycles. The SMILES string of the molecule is Cc1cc(F)cc(C(O)CCOCC(F)F)c1. The molecule has 0 fully saturated rings. The standard InChI is InChI=1S/C12H15F3O2/c1-8-4-9(6-10(13)5-8)11(16)2-3-17-7-12(14)15/h4-6,11-12,16H,2-3,7H2,1H3. The maximum absolute atomic E-state index is 13.0. The topological polar surface area (TPSA) is 29.5 Å². The van der Waals surface area contributed by atoms with Gasteiger partial charge in [0.15, 0.2) is 0 Å². The van der Waals surface area contributed by atoms with Crippen LogP contribution in [0.3, 0.4) is 0 Å². The molecule has 0 radical (unpaired) electrons. The van der Waals surface area contributed by atoms with Crippen LogP contribution in [-0.4, -0.2) is 24.7 Å². The third-order valence-corrected chi connectivity index (χ3v) is 2.23. The highest BCUT2D eigenvalue weighted by Crippen LogP contribution is 2.19. The molecule has 0 saturated carbocycles. The zero-order valence-corrected chi connectivity index (χ0v) is 9.50. The molecule has 17 heavy (non-hydrogen) atoms. The van der Waals surface area contributed by atoms with Gasteiger partial charge in [0.25, 0.3) is 6.43 Å². The average molecular weight is 248 g/mol. The lowest BCUT2D eigenvalue weighted by atomic mass is 10.0. The number of ether oxygens (including phenoxy) is 1. The molecule has 1 N–H and O–H groups in total. The van der Waals surface area contributed by atoms with Gasteiger partial charge in [0, 0.05) is 13.0 Å². The van der Waals surface area contributed by atoms with Crippen molar-refractivity contribution in [2.24, 2.45) is 0 Å². The summed E-state index contributed by atoms with van der Waals surface area (Å²) in [5.41, 5.74) is 1.13. The minimum atomic E-state index is -2.51. The van der Waals surface area contributed by atoms with Gasteiger partial charge >= 0.3 is 0 Å². The predicted octanol–water partition coefficient (Wildman–Crippen LogP) is 2.84. The highest BCUT2D eigenvalue weighted by atomic mass is 19.3. The van der Waals surface area contributed by atoms with Crippen molar-refractivity contribution >= 4 is 0 Å². The maximum Gasteiger partial charge on any atom is 0.261 e. The number of hydrogen-bond donors (Lipinski definition) is 1. The van der Waals surface area contributed by atoms with Crippen LogP contribution in [0.25, 0.3) is 0 Å². The normalized spacial score (nSPS) is 13.1. The van der Waals surface area contributed by atoms with Gasteiger partial charge in [-0.25, -0.2) is 13.2 Å². The molecule has 1 unspecified atom stereocenters. The van der Waals surface area contributed by atoms with Gasteiger partial charge in [0.2, 0.25) is 0 Å². The van der Waals surface area contributed by atoms with E-state index >= 15 is 0 Å². The van der Waals surface area contributed by atoms with Gasteiger partial charge in [-0.3, -0.25) is 0 Å². The molecule has 0 aliphatic rings. The second-order valence-electron chi connectivity index (χ2n) is 3.83. The molecule has 0 spiro atoms. The van der Waals surface area contributed by atoms with E-state index in [-0.39, 0.29) is 13.0 Å². The Morgan fingerprint density at radius 3 is 2.59 bits per heavy atom. The van der Waals surface area contributed by atoms with Crippen LogP contribution in [0.15, 0.2) is 18.2 Å². The Hall–Kier alpha value is -1.07. The second-order valence-corrected chi connectivity index (χ2v) is 3.83. The van der Waals surface area contributed by atoms with Crippen molar-refractivity contribution in [1.29, 1.82) is 0 Å². The summed E-state index contributed by atoms with van der Waals surface area (Å²) in [6.45, 7) is 1.09. The maximum atomic E-state index is 13.0. The fraction of sp³-hybridized carbons (Fsp3) is 0.500. The van der Waals surface area contributed by atoms with Crippen LogP contribution in [0.5, 0.6) is 0 Å². The van der Waals surface area contributed by atoms with E-state index < -0.39 is 25.0 Å². The Morgan fingerprint density at radius 1 is 1.29 bits per heavy atom. The van der Waals surface area contributed by atoms with Crippen LogP contribution >= 0.6 is 0 Å². The van der Waals surface area contributed by atoms with Gasteiger partial charge in [-0.2, -0.15) is 0 Å². The molecule has 96 valence electrons. The number of aliphatic hydroxyl groups excluding tert-OH is 1. The monoisotopic (exact) mass is 248 g/mol. The van der Waals surface area contributed by atoms with Gasteiger partial charge in [-0.1, -0.05) is 6.07 Å². The van der Waals surface area contributed by atoms with Crippen LogP contribution < -0.4 is 0 Å². The Bertz CT molecular complexity index is 335. The number of aryl methyl sites for hydroxylation is 1. The van der Waals surface area contributed by atoms with Gasteiger partial charge in [-0.05, 0) is 30.2 Å². The largest absolute Gasteiger partial charge is 0.388 e. The van der Waals surface area contributed by atoms with Gasteiger partial charge in [-0.15, -0.1) is 0 Å². The first kappa shape index (κ1) is 14.0. The van der Waals surface area contributed by atoms with Gasteiger partial charge in [0.1, 0.15) is 12.4 Å². The van der Waals surface area contributed by atoms with Gasteiger partial charge in [0.05, 0.1) is 6.10 Å². The molecule has 5 heteroatoms. The first-order valence-electron chi connectivity index (χ1n) is 5.30. The summed E-state index contributed by atoms with van der Waals surface area (Å²) in [5, 5.41) is 9.70. The number of alkyl halides is 2. The highest BCUT2D eigenvalue weighted by Gasteiger charge is 2.10. The van der Waals surface area contributed by atoms with Crippen molar-refractivity contribution in [3.05, 3.63) is 35.1 Å². The van der Waals surface area contributed by atoms with E-state index in [1.165, 1.54) is 12.1 Å². The molecule has 0 amide bonds. The minimum Gasteiger partial charge on any atom is -0.388 e. The first-order valence-corrected chi connectivity index (χ1v) is 5.30. The molecule has 0 bridgehead atoms. The Kier molecular flexibility index (Phi) is 5.44. The highest BCUT2D eigenvalue weighted by molar-refractivity contribution is 5.25. The summed E-state index contributed by atoms with van der Waals surface area (Å²) in [6.07, 6.45) is -3.25. The molecule has 0 aliphatic carbocycles. The van der Waals surface area contributed by atoms with E-state index in [0.717, 1.165) is 0 Å². The van der Waals surface area contributed by atoms with Crippen molar-refractivity contribution in [3.8, 4) is 0 Å². The molecular weight excluding hydrogens is 233 g/mol. The summed E-state index contributed by atoms with van der Waals surface area (Å²) >= 11 is 0. The lowest BCUT2D eigenvalue weighted by molar-refractivity contribution is 0.00478. The van der Waals surface area contributed by atoms with Crippen molar-refractivity contribution in [1.82, 2.24) is 0 Å². The summed E-state index contributed by atoms with van der Waals surface area (Å²) in [5.74, 6) is -0.424. The molecule has 0 aliphatic heterocycles. The number of hydrogen-bond acceptors (Lipinski definition) is 2. The quantitative estimate of drug-likeness (QED) is 0.784. The van der Waals surface area contributed by atoms with Crippen molar-refractivity contribution in [3.63, 3.8) is 0 Å². The van der Waals surface area contributed by atoms with Crippen molar-refractivity contribution in [2.45, 2.75) is 25.9 Å². The van der Waals surface area contributed by atoms with E-state index in [1.54, 1.807) is 13.0 Å². The molecule has 1 aromatic rings. The van der Waals surface area contributed by atoms with Crippen molar-refractivity contribution in [2.75, 3.05) is 13.2 Å². The number of benzene rings is 1. The molecule has 0 saturated heterocycles. The van der Waals surface area contributed by atoms with E-state index in [0.29, 0.717) is 11.1 Å². The summed E-state index contributed by atoms with van der Waals surface area (Å²) < 4.78 is 41.2. The molecule has 1 rings (SSSR count). The number of halogens is 3. The third-order valence-electron chi connectivity index (χ3n) is 2.23. The fourth-order valence-corrected chi connectivity index (χ4v) is 1.49. The van der Waals surface area contributed by atoms with Crippen molar-refractivity contribution < 1.29 is 23.0 Å². The molecular formula is C12H15F3O2. The van der Waals surface area contributed by atoms with E-state index in [2.05, 4.69) is 4.74 Å². The molecule has 1 aromatic carbocycles. The van der Waals surface area contributed by atoms with Crippen LogP contribution in [0, 0.1) is 12.7 Å². The van der Waals surface area contributed by atoms with Crippen LogP contribution in [0.1, 0.15) is 23.7 Å². The lowest BCUT2D eigenvalue weighted by Gasteiger charge is -2.12. The predicted molar refractivity (Wildman–Crippen MR) is 57.5 cm³/mol. The van der Waals surface area contributed by atoms with Gasteiger partial charge < -0.3 is 9.84 Å². The van der Waals surface area contributed by atoms with E-state index in [4.69, 9.17) is 0 Å². The van der Waals surface area contributed by atoms with E-state index in [1.807, 2.05) is 0 Å². The number of aliphatic hydroxyl groups is 1. The van der Waals surface area contributed by atoms with Crippen LogP contribution in [0.2, 0.25) is 0 Å². The molecule has 0 heterocycles. The number of rotatable bonds is 6. The third kappa shape index (κ3) is 5.19. The summed E-state index contributed by atoms with van der Waals surface area (Å²) in [7, 11) is 0. The zero-order chi connectivity index (χ0) is 12.8. The fourth-order valence-electron chi connectivity index (χ4n) is 1.49. The lowest BCUT2D eigenvalue weighted by Crippen LogP contribution is -2.08. The first-order chi connectivity index (χ1) is 7.99. The van der Waals surface area contributed by atoms with Crippen LogP contribution in [0.4, 0.5) is 13.2 Å². The Labute approximate surface area is 98.0 Å². The van der Waals surface area contributed by atoms with Crippen LogP contribution in [-0.2, 0) is 4.74 Å². The Balaban J connectivity index is 2.43. The molecule has 2 nitrogen and oxygen atoms in total. The van der Waals surface area contributed by atoms with E-state index in [9.17, 15) is 18.3 Å². The zero-order valence-electron chi connectivity index (χ0n) is 9.50. The summed E-state index contributed by atoms with van der Waals surface area (Å²) in [4.78, 5) is 0. The minimum absolute atomic E-state index is 0.0149. The average Bonchev–Trinajstić information content (AvgIpc) is 2.22. The summed E-state index contributed by atoms with van der Waals surface area (Å²) in [6, 6.07) is 4.23. The second kappa shape index (κ2) is 6.61. The molecule has 1 atom stereocenters. The smallest absolute Gasteiger partial charge is 0.261 e.